The van der Waals surface area contributed by atoms with Crippen LogP contribution in [-0.2, 0) is 9.59 Å². The maximum absolute atomic E-state index is 12.5. The van der Waals surface area contributed by atoms with Crippen LogP contribution in [0.2, 0.25) is 0 Å². The van der Waals surface area contributed by atoms with Crippen LogP contribution < -0.4 is 0 Å². The van der Waals surface area contributed by atoms with E-state index in [1.807, 2.05) is 60.7 Å². The molecule has 0 aliphatic carbocycles. The van der Waals surface area contributed by atoms with Crippen LogP contribution in [0.5, 0.6) is 0 Å². The summed E-state index contributed by atoms with van der Waals surface area (Å²) in [5, 5.41) is 9.56. The number of thioether (sulfide) groups is 1. The van der Waals surface area contributed by atoms with Gasteiger partial charge in [-0.05, 0) is 42.1 Å². The Morgan fingerprint density at radius 1 is 1.14 bits per heavy atom. The van der Waals surface area contributed by atoms with E-state index in [9.17, 15) is 9.59 Å². The number of hydrogen-bond acceptors (Lipinski definition) is 6. The number of nitrogens with zero attached hydrogens (tertiary/aromatic N) is 2. The van der Waals surface area contributed by atoms with Crippen LogP contribution in [0.1, 0.15) is 12.5 Å². The molecule has 138 valence electrons. The Bertz CT molecular complexity index is 1140. The van der Waals surface area contributed by atoms with Crippen LogP contribution in [-0.4, -0.2) is 26.9 Å². The minimum absolute atomic E-state index is 0.0743. The van der Waals surface area contributed by atoms with E-state index in [0.717, 1.165) is 43.0 Å². The highest BCUT2D eigenvalue weighted by atomic mass is 32.2. The second-order valence-electron chi connectivity index (χ2n) is 6.07. The van der Waals surface area contributed by atoms with Gasteiger partial charge in [0.15, 0.2) is 5.17 Å². The Morgan fingerprint density at radius 2 is 1.86 bits per heavy atom. The fourth-order valence-corrected chi connectivity index (χ4v) is 4.59. The Morgan fingerprint density at radius 3 is 2.57 bits per heavy atom. The van der Waals surface area contributed by atoms with Crippen molar-refractivity contribution in [3.63, 3.8) is 0 Å². The maximum Gasteiger partial charge on any atom is 0.273 e. The van der Waals surface area contributed by atoms with Gasteiger partial charge in [0.05, 0.1) is 10.4 Å². The molecule has 1 fully saturated rings. The Labute approximate surface area is 170 Å². The monoisotopic (exact) mass is 405 g/mol. The predicted molar refractivity (Wildman–Crippen MR) is 113 cm³/mol. The summed E-state index contributed by atoms with van der Waals surface area (Å²) >= 11 is 2.50. The molecule has 2 amide bonds. The Kier molecular flexibility index (Phi) is 5.02. The summed E-state index contributed by atoms with van der Waals surface area (Å²) in [5.74, 6) is -0.923. The molecule has 4 rings (SSSR count). The largest absolute Gasteiger partial charge is 0.278 e. The van der Waals surface area contributed by atoms with Gasteiger partial charge in [0.2, 0.25) is 5.91 Å². The summed E-state index contributed by atoms with van der Waals surface area (Å²) in [6.45, 7) is 1.28. The second kappa shape index (κ2) is 7.61. The first-order valence-electron chi connectivity index (χ1n) is 8.49. The molecule has 3 aromatic rings. The number of para-hydroxylation sites is 1. The summed E-state index contributed by atoms with van der Waals surface area (Å²) in [4.78, 5) is 31.2. The molecule has 7 heteroatoms. The Balaban J connectivity index is 1.81. The van der Waals surface area contributed by atoms with Gasteiger partial charge in [-0.1, -0.05) is 48.2 Å². The normalized spacial score (nSPS) is 15.6. The van der Waals surface area contributed by atoms with Gasteiger partial charge in [-0.25, -0.2) is 9.88 Å². The van der Waals surface area contributed by atoms with Crippen molar-refractivity contribution in [1.29, 1.82) is 5.41 Å². The van der Waals surface area contributed by atoms with Gasteiger partial charge in [0, 0.05) is 22.8 Å². The number of hydrogen-bond donors (Lipinski definition) is 1. The first kappa shape index (κ1) is 18.5. The zero-order chi connectivity index (χ0) is 19.7. The van der Waals surface area contributed by atoms with Crippen molar-refractivity contribution in [2.75, 3.05) is 0 Å². The van der Waals surface area contributed by atoms with E-state index in [4.69, 9.17) is 10.4 Å². The van der Waals surface area contributed by atoms with Crippen molar-refractivity contribution in [3.05, 3.63) is 71.1 Å². The summed E-state index contributed by atoms with van der Waals surface area (Å²) in [6, 6.07) is 19.7. The number of carbonyl (C=O) groups is 2. The van der Waals surface area contributed by atoms with Gasteiger partial charge < -0.3 is 0 Å². The van der Waals surface area contributed by atoms with E-state index < -0.39 is 11.8 Å². The quantitative estimate of drug-likeness (QED) is 0.635. The van der Waals surface area contributed by atoms with E-state index in [1.165, 1.54) is 18.7 Å². The molecule has 1 N–H and O–H groups in total. The lowest BCUT2D eigenvalue weighted by molar-refractivity contribution is -0.135. The number of carbonyl (C=O) groups excluding carboxylic acids is 2. The third kappa shape index (κ3) is 3.58. The molecule has 1 aliphatic heterocycles. The zero-order valence-electron chi connectivity index (χ0n) is 14.9. The molecular formula is C21H15N3O2S2. The van der Waals surface area contributed by atoms with E-state index >= 15 is 0 Å². The molecule has 28 heavy (non-hydrogen) atoms. The molecule has 0 bridgehead atoms. The summed E-state index contributed by atoms with van der Waals surface area (Å²) in [6.07, 6.45) is 1.72. The molecule has 1 aromatic heterocycles. The Hall–Kier alpha value is -2.90. The van der Waals surface area contributed by atoms with Gasteiger partial charge in [-0.2, -0.15) is 0 Å². The third-order valence-corrected chi connectivity index (χ3v) is 6.02. The summed E-state index contributed by atoms with van der Waals surface area (Å²) in [7, 11) is 0. The van der Waals surface area contributed by atoms with Crippen LogP contribution in [0.25, 0.3) is 17.0 Å². The summed E-state index contributed by atoms with van der Waals surface area (Å²) < 4.78 is 0. The minimum Gasteiger partial charge on any atom is -0.278 e. The van der Waals surface area contributed by atoms with Gasteiger partial charge in [-0.3, -0.25) is 15.0 Å². The fraction of sp³-hybridized carbons (Fsp3) is 0.0476. The summed E-state index contributed by atoms with van der Waals surface area (Å²) in [5.41, 5.74) is 1.65. The van der Waals surface area contributed by atoms with Gasteiger partial charge in [0.1, 0.15) is 5.03 Å². The molecule has 2 aromatic carbocycles. The first-order chi connectivity index (χ1) is 13.5. The van der Waals surface area contributed by atoms with E-state index in [-0.39, 0.29) is 5.17 Å². The lowest BCUT2D eigenvalue weighted by atomic mass is 10.1. The topological polar surface area (TPSA) is 74.1 Å². The number of aromatic nitrogens is 1. The fourth-order valence-electron chi connectivity index (χ4n) is 2.81. The lowest BCUT2D eigenvalue weighted by Crippen LogP contribution is -2.32. The highest BCUT2D eigenvalue weighted by Gasteiger charge is 2.35. The molecule has 0 unspecified atom stereocenters. The van der Waals surface area contributed by atoms with Crippen LogP contribution in [0, 0.1) is 5.41 Å². The molecule has 1 aliphatic rings. The van der Waals surface area contributed by atoms with Crippen LogP contribution >= 0.6 is 23.5 Å². The minimum atomic E-state index is -0.466. The number of imide groups is 1. The number of pyridine rings is 1. The van der Waals surface area contributed by atoms with Crippen LogP contribution in [0.3, 0.4) is 0 Å². The average Bonchev–Trinajstić information content (AvgIpc) is 2.96. The number of benzene rings is 2. The van der Waals surface area contributed by atoms with E-state index in [2.05, 4.69) is 0 Å². The molecule has 0 spiro atoms. The molecular weight excluding hydrogens is 390 g/mol. The molecule has 0 radical (unpaired) electrons. The zero-order valence-corrected chi connectivity index (χ0v) is 16.5. The molecule has 1 saturated heterocycles. The number of rotatable bonds is 3. The predicted octanol–water partition coefficient (Wildman–Crippen LogP) is 4.78. The third-order valence-electron chi connectivity index (χ3n) is 4.10. The SMILES string of the molecule is CC(=O)N1C(=N)S/C(=C\c2cc3ccccc3nc2Sc2ccccc2)C1=O. The van der Waals surface area contributed by atoms with Crippen molar-refractivity contribution >= 4 is 57.5 Å². The standard InChI is InChI=1S/C21H15N3O2S2/c1-13(25)24-20(26)18(28-21(24)22)12-15-11-14-7-5-6-10-17(14)23-19(15)27-16-8-3-2-4-9-16/h2-12,22H,1H3/b18-12-,22-21?. The second-order valence-corrected chi connectivity index (χ2v) is 8.16. The van der Waals surface area contributed by atoms with Crippen molar-refractivity contribution in [2.45, 2.75) is 16.8 Å². The van der Waals surface area contributed by atoms with Crippen LogP contribution in [0.15, 0.2) is 75.5 Å². The molecule has 2 heterocycles. The smallest absolute Gasteiger partial charge is 0.273 e. The molecule has 5 nitrogen and oxygen atoms in total. The average molecular weight is 406 g/mol. The van der Waals surface area contributed by atoms with Crippen molar-refractivity contribution in [1.82, 2.24) is 9.88 Å². The lowest BCUT2D eigenvalue weighted by Gasteiger charge is -2.09. The number of amidine groups is 1. The van der Waals surface area contributed by atoms with E-state index in [1.54, 1.807) is 6.08 Å². The molecule has 0 atom stereocenters. The first-order valence-corrected chi connectivity index (χ1v) is 10.1. The van der Waals surface area contributed by atoms with Crippen molar-refractivity contribution in [3.8, 4) is 0 Å². The highest BCUT2D eigenvalue weighted by molar-refractivity contribution is 8.18. The number of nitrogens with one attached hydrogen (secondary N) is 1. The van der Waals surface area contributed by atoms with Crippen molar-refractivity contribution < 1.29 is 9.59 Å². The molecule has 0 saturated carbocycles. The van der Waals surface area contributed by atoms with Gasteiger partial charge in [0.25, 0.3) is 5.91 Å². The van der Waals surface area contributed by atoms with E-state index in [0.29, 0.717) is 4.91 Å². The maximum atomic E-state index is 12.5. The number of amides is 2. The highest BCUT2D eigenvalue weighted by Crippen LogP contribution is 2.36. The van der Waals surface area contributed by atoms with Crippen LogP contribution in [0.4, 0.5) is 0 Å². The van der Waals surface area contributed by atoms with Crippen molar-refractivity contribution in [2.24, 2.45) is 0 Å². The van der Waals surface area contributed by atoms with Gasteiger partial charge in [-0.15, -0.1) is 0 Å². The van der Waals surface area contributed by atoms with Gasteiger partial charge >= 0.3 is 0 Å². The number of fused-ring (bicyclic) bond motifs is 1.